The van der Waals surface area contributed by atoms with E-state index in [1.807, 2.05) is 0 Å². The molecule has 8 heteroatoms. The monoisotopic (exact) mass is 311 g/mol. The molecule has 0 radical (unpaired) electrons. The van der Waals surface area contributed by atoms with E-state index in [4.69, 9.17) is 0 Å². The predicted octanol–water partition coefficient (Wildman–Crippen LogP) is 3.33. The molecule has 2 aromatic heterocycles. The fraction of sp³-hybridized carbons (Fsp3) is 0. The molecule has 0 unspecified atom stereocenters. The first-order valence-electron chi connectivity index (χ1n) is 6.58. The Morgan fingerprint density at radius 1 is 1.17 bits per heavy atom. The summed E-state index contributed by atoms with van der Waals surface area (Å²) in [7, 11) is 0. The topological polar surface area (TPSA) is 93.8 Å². The van der Waals surface area contributed by atoms with Crippen molar-refractivity contribution in [1.29, 1.82) is 0 Å². The van der Waals surface area contributed by atoms with Gasteiger partial charge in [0.15, 0.2) is 11.6 Å². The molecule has 1 N–H and O–H groups in total. The number of nitrogens with one attached hydrogen (secondary N) is 1. The molecule has 0 spiro atoms. The summed E-state index contributed by atoms with van der Waals surface area (Å²) in [6.45, 7) is 0. The Morgan fingerprint density at radius 2 is 2.04 bits per heavy atom. The molecule has 7 nitrogen and oxygen atoms in total. The third kappa shape index (κ3) is 3.26. The number of rotatable bonds is 4. The number of halogens is 1. The van der Waals surface area contributed by atoms with Crippen LogP contribution in [-0.4, -0.2) is 19.9 Å². The third-order valence-electron chi connectivity index (χ3n) is 3.00. The molecule has 3 rings (SSSR count). The first kappa shape index (κ1) is 14.5. The number of hydrogen-bond donors (Lipinski definition) is 1. The van der Waals surface area contributed by atoms with Crippen molar-refractivity contribution in [1.82, 2.24) is 15.0 Å². The van der Waals surface area contributed by atoms with Crippen LogP contribution in [0.25, 0.3) is 11.4 Å². The van der Waals surface area contributed by atoms with Crippen LogP contribution in [0.4, 0.5) is 21.6 Å². The number of aromatic nitrogens is 3. The molecule has 0 aliphatic carbocycles. The largest absolute Gasteiger partial charge is 0.338 e. The Kier molecular flexibility index (Phi) is 3.88. The number of nitro groups is 1. The van der Waals surface area contributed by atoms with Gasteiger partial charge in [0.1, 0.15) is 5.82 Å². The van der Waals surface area contributed by atoms with Crippen LogP contribution in [-0.2, 0) is 0 Å². The van der Waals surface area contributed by atoms with Crippen LogP contribution >= 0.6 is 0 Å². The summed E-state index contributed by atoms with van der Waals surface area (Å²) in [5.41, 5.74) is 0.499. The van der Waals surface area contributed by atoms with E-state index in [1.54, 1.807) is 30.6 Å². The maximum Gasteiger partial charge on any atom is 0.272 e. The van der Waals surface area contributed by atoms with Gasteiger partial charge >= 0.3 is 0 Å². The molecule has 0 amide bonds. The third-order valence-corrected chi connectivity index (χ3v) is 3.00. The van der Waals surface area contributed by atoms with Crippen molar-refractivity contribution in [3.63, 3.8) is 0 Å². The Balaban J connectivity index is 1.88. The van der Waals surface area contributed by atoms with Gasteiger partial charge in [0.2, 0.25) is 0 Å². The van der Waals surface area contributed by atoms with Crippen molar-refractivity contribution >= 4 is 17.2 Å². The maximum atomic E-state index is 13.9. The lowest BCUT2D eigenvalue weighted by Gasteiger charge is -2.07. The molecule has 0 bridgehead atoms. The van der Waals surface area contributed by atoms with Crippen molar-refractivity contribution in [2.45, 2.75) is 0 Å². The summed E-state index contributed by atoms with van der Waals surface area (Å²) in [5, 5.41) is 13.4. The van der Waals surface area contributed by atoms with Crippen molar-refractivity contribution in [3.8, 4) is 11.4 Å². The summed E-state index contributed by atoms with van der Waals surface area (Å²) < 4.78 is 13.9. The highest BCUT2D eigenvalue weighted by atomic mass is 19.1. The van der Waals surface area contributed by atoms with Gasteiger partial charge in [0, 0.05) is 30.2 Å². The lowest BCUT2D eigenvalue weighted by Crippen LogP contribution is -1.99. The molecule has 2 heterocycles. The van der Waals surface area contributed by atoms with Crippen molar-refractivity contribution in [2.75, 3.05) is 5.32 Å². The quantitative estimate of drug-likeness (QED) is 0.586. The molecule has 0 aliphatic rings. The number of non-ortho nitro benzene ring substituents is 1. The van der Waals surface area contributed by atoms with Crippen LogP contribution in [0.15, 0.2) is 55.0 Å². The number of nitrogens with zero attached hydrogens (tertiary/aromatic N) is 4. The fourth-order valence-corrected chi connectivity index (χ4v) is 1.92. The van der Waals surface area contributed by atoms with Gasteiger partial charge in [-0.3, -0.25) is 15.1 Å². The van der Waals surface area contributed by atoms with Gasteiger partial charge in [-0.15, -0.1) is 0 Å². The second-order valence-electron chi connectivity index (χ2n) is 4.55. The summed E-state index contributed by atoms with van der Waals surface area (Å²) in [6, 6.07) is 8.49. The first-order valence-corrected chi connectivity index (χ1v) is 6.58. The van der Waals surface area contributed by atoms with E-state index in [2.05, 4.69) is 20.3 Å². The summed E-state index contributed by atoms with van der Waals surface area (Å²) >= 11 is 0. The average molecular weight is 311 g/mol. The van der Waals surface area contributed by atoms with Crippen molar-refractivity contribution in [2.24, 2.45) is 0 Å². The second-order valence-corrected chi connectivity index (χ2v) is 4.55. The highest BCUT2D eigenvalue weighted by Crippen LogP contribution is 2.24. The van der Waals surface area contributed by atoms with Gasteiger partial charge < -0.3 is 5.32 Å². The summed E-state index contributed by atoms with van der Waals surface area (Å²) in [4.78, 5) is 22.4. The van der Waals surface area contributed by atoms with Gasteiger partial charge in [-0.05, 0) is 24.3 Å². The van der Waals surface area contributed by atoms with E-state index in [0.29, 0.717) is 11.6 Å². The second kappa shape index (κ2) is 6.14. The minimum atomic E-state index is -0.735. The standard InChI is InChI=1S/C15H10FN5O2/c16-12-8-11(21(22)23)3-4-13(12)19-14-5-7-18-15(20-14)10-2-1-6-17-9-10/h1-9H,(H,18,19,20). The molecule has 0 atom stereocenters. The van der Waals surface area contributed by atoms with Crippen LogP contribution in [0.2, 0.25) is 0 Å². The maximum absolute atomic E-state index is 13.9. The number of nitro benzene ring substituents is 1. The molecular weight excluding hydrogens is 301 g/mol. The number of hydrogen-bond acceptors (Lipinski definition) is 6. The Bertz CT molecular complexity index is 857. The smallest absolute Gasteiger partial charge is 0.272 e. The predicted molar refractivity (Wildman–Crippen MR) is 81.6 cm³/mol. The normalized spacial score (nSPS) is 10.3. The van der Waals surface area contributed by atoms with Crippen LogP contribution in [0.1, 0.15) is 0 Å². The zero-order chi connectivity index (χ0) is 16.2. The van der Waals surface area contributed by atoms with E-state index in [1.165, 1.54) is 18.3 Å². The summed E-state index contributed by atoms with van der Waals surface area (Å²) in [6.07, 6.45) is 4.78. The van der Waals surface area contributed by atoms with Crippen LogP contribution in [0.5, 0.6) is 0 Å². The van der Waals surface area contributed by atoms with Crippen molar-refractivity contribution in [3.05, 3.63) is 70.9 Å². The minimum absolute atomic E-state index is 0.0893. The number of benzene rings is 1. The lowest BCUT2D eigenvalue weighted by molar-refractivity contribution is -0.385. The number of anilines is 2. The SMILES string of the molecule is O=[N+]([O-])c1ccc(Nc2ccnc(-c3cccnc3)n2)c(F)c1. The molecule has 0 aliphatic heterocycles. The molecule has 0 fully saturated rings. The van der Waals surface area contributed by atoms with E-state index in [-0.39, 0.29) is 11.4 Å². The molecule has 3 aromatic rings. The van der Waals surface area contributed by atoms with E-state index >= 15 is 0 Å². The molecule has 0 saturated heterocycles. The lowest BCUT2D eigenvalue weighted by atomic mass is 10.2. The Hall–Kier alpha value is -3.42. The average Bonchev–Trinajstić information content (AvgIpc) is 2.57. The van der Waals surface area contributed by atoms with Crippen LogP contribution in [0.3, 0.4) is 0 Å². The van der Waals surface area contributed by atoms with E-state index < -0.39 is 10.7 Å². The molecule has 0 saturated carbocycles. The zero-order valence-corrected chi connectivity index (χ0v) is 11.7. The van der Waals surface area contributed by atoms with Crippen LogP contribution in [0, 0.1) is 15.9 Å². The highest BCUT2D eigenvalue weighted by molar-refractivity contribution is 5.61. The molecule has 1 aromatic carbocycles. The zero-order valence-electron chi connectivity index (χ0n) is 11.7. The van der Waals surface area contributed by atoms with Gasteiger partial charge in [-0.25, -0.2) is 14.4 Å². The summed E-state index contributed by atoms with van der Waals surface area (Å²) in [5.74, 6) is 0.0674. The van der Waals surface area contributed by atoms with Crippen molar-refractivity contribution < 1.29 is 9.31 Å². The first-order chi connectivity index (χ1) is 11.1. The van der Waals surface area contributed by atoms with E-state index in [9.17, 15) is 14.5 Å². The number of pyridine rings is 1. The van der Waals surface area contributed by atoms with Gasteiger partial charge in [-0.2, -0.15) is 0 Å². The van der Waals surface area contributed by atoms with Gasteiger partial charge in [-0.1, -0.05) is 0 Å². The minimum Gasteiger partial charge on any atom is -0.338 e. The highest BCUT2D eigenvalue weighted by Gasteiger charge is 2.11. The molecular formula is C15H10FN5O2. The fourth-order valence-electron chi connectivity index (χ4n) is 1.92. The van der Waals surface area contributed by atoms with E-state index in [0.717, 1.165) is 11.6 Å². The Labute approximate surface area is 130 Å². The van der Waals surface area contributed by atoms with Gasteiger partial charge in [0.25, 0.3) is 5.69 Å². The molecule has 23 heavy (non-hydrogen) atoms. The van der Waals surface area contributed by atoms with Gasteiger partial charge in [0.05, 0.1) is 16.7 Å². The van der Waals surface area contributed by atoms with Crippen LogP contribution < -0.4 is 5.32 Å². The Morgan fingerprint density at radius 3 is 2.74 bits per heavy atom. The molecule has 114 valence electrons.